The Morgan fingerprint density at radius 1 is 0.935 bits per heavy atom. The van der Waals surface area contributed by atoms with E-state index in [0.717, 1.165) is 21.7 Å². The average molecular weight is 421 g/mol. The fourth-order valence-electron chi connectivity index (χ4n) is 2.75. The third-order valence-corrected chi connectivity index (χ3v) is 4.41. The molecule has 31 heavy (non-hydrogen) atoms. The second kappa shape index (κ2) is 11.4. The van der Waals surface area contributed by atoms with Crippen LogP contribution in [0.5, 0.6) is 11.6 Å². The Hall–Kier alpha value is -3.74. The summed E-state index contributed by atoms with van der Waals surface area (Å²) in [6, 6.07) is 14.1. The number of anilines is 1. The van der Waals surface area contributed by atoms with Crippen LogP contribution in [0, 0.1) is 13.8 Å². The van der Waals surface area contributed by atoms with Crippen LogP contribution < -0.4 is 9.64 Å². The Morgan fingerprint density at radius 2 is 1.65 bits per heavy atom. The third kappa shape index (κ3) is 6.12. The first kappa shape index (κ1) is 23.5. The quantitative estimate of drug-likeness (QED) is 0.559. The number of nitrogens with zero attached hydrogens (tertiary/aromatic N) is 3. The molecule has 0 N–H and O–H groups in total. The molecule has 1 aromatic carbocycles. The summed E-state index contributed by atoms with van der Waals surface area (Å²) >= 11 is 0. The van der Waals surface area contributed by atoms with Gasteiger partial charge in [0.15, 0.2) is 0 Å². The van der Waals surface area contributed by atoms with E-state index in [-0.39, 0.29) is 6.42 Å². The Balaban J connectivity index is 0.00000166. The summed E-state index contributed by atoms with van der Waals surface area (Å²) in [5.74, 6) is 0.686. The molecular weight excluding hydrogens is 394 g/mol. The van der Waals surface area contributed by atoms with Crippen LogP contribution in [-0.2, 0) is 16.0 Å². The summed E-state index contributed by atoms with van der Waals surface area (Å²) in [5.41, 5.74) is 2.68. The average Bonchev–Trinajstić information content (AvgIpc) is 2.80. The van der Waals surface area contributed by atoms with Gasteiger partial charge >= 0.3 is 6.09 Å². The van der Waals surface area contributed by atoms with Crippen LogP contribution in [0.3, 0.4) is 0 Å². The van der Waals surface area contributed by atoms with Gasteiger partial charge in [0, 0.05) is 24.2 Å². The molecule has 0 aliphatic heterocycles. The van der Waals surface area contributed by atoms with Crippen LogP contribution in [0.2, 0.25) is 0 Å². The number of ether oxygens (including phenoxy) is 2. The molecule has 3 aromatic rings. The van der Waals surface area contributed by atoms with Crippen molar-refractivity contribution in [3.05, 3.63) is 77.7 Å². The van der Waals surface area contributed by atoms with E-state index in [1.807, 2.05) is 33.8 Å². The monoisotopic (exact) mass is 421 g/mol. The predicted octanol–water partition coefficient (Wildman–Crippen LogP) is 5.25. The fourth-order valence-corrected chi connectivity index (χ4v) is 2.75. The zero-order valence-electron chi connectivity index (χ0n) is 18.5. The second-order valence-electron chi connectivity index (χ2n) is 6.33. The van der Waals surface area contributed by atoms with Crippen molar-refractivity contribution in [1.29, 1.82) is 0 Å². The number of carbonyl (C=O) groups excluding carboxylic acids is 2. The van der Waals surface area contributed by atoms with Crippen molar-refractivity contribution in [3.8, 4) is 11.6 Å². The summed E-state index contributed by atoms with van der Waals surface area (Å²) in [7, 11) is 1.25. The lowest BCUT2D eigenvalue weighted by atomic mass is 10.1. The van der Waals surface area contributed by atoms with E-state index in [2.05, 4.69) is 9.97 Å². The maximum atomic E-state index is 12.9. The summed E-state index contributed by atoms with van der Waals surface area (Å²) < 4.78 is 10.5. The Labute approximate surface area is 182 Å². The van der Waals surface area contributed by atoms with E-state index < -0.39 is 12.0 Å². The first-order valence-electron chi connectivity index (χ1n) is 10.0. The van der Waals surface area contributed by atoms with Crippen LogP contribution in [0.1, 0.15) is 30.7 Å². The normalized spacial score (nSPS) is 9.84. The molecule has 2 amide bonds. The van der Waals surface area contributed by atoms with Crippen molar-refractivity contribution >= 4 is 17.7 Å². The molecular formula is C24H27N3O4. The predicted molar refractivity (Wildman–Crippen MR) is 119 cm³/mol. The van der Waals surface area contributed by atoms with Gasteiger partial charge in [-0.2, -0.15) is 0 Å². The lowest BCUT2D eigenvalue weighted by molar-refractivity contribution is -0.117. The third-order valence-electron chi connectivity index (χ3n) is 4.41. The highest BCUT2D eigenvalue weighted by atomic mass is 16.5. The zero-order valence-corrected chi connectivity index (χ0v) is 18.5. The minimum absolute atomic E-state index is 0.0276. The van der Waals surface area contributed by atoms with Gasteiger partial charge in [-0.1, -0.05) is 32.0 Å². The molecule has 7 nitrogen and oxygen atoms in total. The van der Waals surface area contributed by atoms with Gasteiger partial charge in [-0.25, -0.2) is 14.7 Å². The first-order chi connectivity index (χ1) is 15.0. The molecule has 0 aliphatic carbocycles. The van der Waals surface area contributed by atoms with Crippen molar-refractivity contribution < 1.29 is 19.1 Å². The largest absolute Gasteiger partial charge is 0.452 e. The van der Waals surface area contributed by atoms with Crippen molar-refractivity contribution in [2.45, 2.75) is 34.1 Å². The molecule has 0 saturated carbocycles. The van der Waals surface area contributed by atoms with E-state index >= 15 is 0 Å². The topological polar surface area (TPSA) is 81.6 Å². The van der Waals surface area contributed by atoms with E-state index in [9.17, 15) is 9.59 Å². The van der Waals surface area contributed by atoms with Crippen LogP contribution in [0.25, 0.3) is 0 Å². The number of hydrogen-bond acceptors (Lipinski definition) is 6. The number of rotatable bonds is 5. The summed E-state index contributed by atoms with van der Waals surface area (Å²) in [6.07, 6.45) is 2.50. The Kier molecular flexibility index (Phi) is 8.69. The summed E-state index contributed by atoms with van der Waals surface area (Å²) in [6.45, 7) is 7.63. The van der Waals surface area contributed by atoms with E-state index in [0.29, 0.717) is 17.3 Å². The molecule has 162 valence electrons. The number of pyridine rings is 2. The van der Waals surface area contributed by atoms with E-state index in [1.165, 1.54) is 7.11 Å². The maximum absolute atomic E-state index is 12.9. The van der Waals surface area contributed by atoms with Gasteiger partial charge in [0.05, 0.1) is 19.2 Å². The molecule has 0 saturated heterocycles. The number of methoxy groups -OCH3 is 1. The minimum Gasteiger partial charge on any atom is -0.452 e. The lowest BCUT2D eigenvalue weighted by Crippen LogP contribution is -2.38. The molecule has 0 unspecified atom stereocenters. The molecule has 0 aliphatic rings. The lowest BCUT2D eigenvalue weighted by Gasteiger charge is -2.22. The van der Waals surface area contributed by atoms with Crippen molar-refractivity contribution in [2.75, 3.05) is 12.0 Å². The second-order valence-corrected chi connectivity index (χ2v) is 6.33. The molecule has 2 heterocycles. The van der Waals surface area contributed by atoms with Crippen molar-refractivity contribution in [2.24, 2.45) is 0 Å². The van der Waals surface area contributed by atoms with E-state index in [1.54, 1.807) is 54.9 Å². The highest BCUT2D eigenvalue weighted by Gasteiger charge is 2.26. The molecule has 3 rings (SSSR count). The van der Waals surface area contributed by atoms with Gasteiger partial charge in [0.2, 0.25) is 11.8 Å². The van der Waals surface area contributed by atoms with Crippen LogP contribution in [0.4, 0.5) is 10.5 Å². The van der Waals surface area contributed by atoms with Gasteiger partial charge in [-0.3, -0.25) is 9.78 Å². The highest BCUT2D eigenvalue weighted by Crippen LogP contribution is 2.24. The van der Waals surface area contributed by atoms with Gasteiger partial charge in [-0.15, -0.1) is 0 Å². The highest BCUT2D eigenvalue weighted by molar-refractivity contribution is 6.13. The SMILES string of the molecule is CC.COC(=O)N(C(=O)Cc1ccc(Oc2ccccn2)cc1)c1ccnc(C)c1C. The number of imide groups is 1. The van der Waals surface area contributed by atoms with Crippen LogP contribution in [0.15, 0.2) is 60.9 Å². The Morgan fingerprint density at radius 3 is 2.26 bits per heavy atom. The number of amides is 2. The molecule has 2 aromatic heterocycles. The summed E-state index contributed by atoms with van der Waals surface area (Å²) in [4.78, 5) is 34.6. The first-order valence-corrected chi connectivity index (χ1v) is 10.0. The molecule has 0 fully saturated rings. The van der Waals surface area contributed by atoms with Gasteiger partial charge < -0.3 is 9.47 Å². The van der Waals surface area contributed by atoms with E-state index in [4.69, 9.17) is 9.47 Å². The maximum Gasteiger partial charge on any atom is 0.420 e. The van der Waals surface area contributed by atoms with Gasteiger partial charge in [-0.05, 0) is 49.2 Å². The number of carbonyl (C=O) groups is 2. The standard InChI is InChI=1S/C22H21N3O4.C2H6/c1-15-16(2)23-13-11-19(15)25(22(27)28-3)21(26)14-17-7-9-18(10-8-17)29-20-6-4-5-12-24-20;1-2/h4-13H,14H2,1-3H3;1-2H3. The fraction of sp³-hybridized carbons (Fsp3) is 0.250. The molecule has 7 heteroatoms. The summed E-state index contributed by atoms with van der Waals surface area (Å²) in [5, 5.41) is 0. The van der Waals surface area contributed by atoms with Crippen molar-refractivity contribution in [3.63, 3.8) is 0 Å². The Bertz CT molecular complexity index is 1010. The number of aryl methyl sites for hydroxylation is 1. The molecule has 0 spiro atoms. The number of hydrogen-bond donors (Lipinski definition) is 0. The minimum atomic E-state index is -0.737. The van der Waals surface area contributed by atoms with Crippen molar-refractivity contribution in [1.82, 2.24) is 9.97 Å². The van der Waals surface area contributed by atoms with Gasteiger partial charge in [0.25, 0.3) is 0 Å². The smallest absolute Gasteiger partial charge is 0.420 e. The van der Waals surface area contributed by atoms with Gasteiger partial charge in [0.1, 0.15) is 5.75 Å². The number of aromatic nitrogens is 2. The molecule has 0 bridgehead atoms. The van der Waals surface area contributed by atoms with Crippen LogP contribution >= 0.6 is 0 Å². The molecule has 0 atom stereocenters. The van der Waals surface area contributed by atoms with Crippen LogP contribution in [-0.4, -0.2) is 29.1 Å². The number of benzene rings is 1. The zero-order chi connectivity index (χ0) is 22.8. The molecule has 0 radical (unpaired) electrons.